The number of nitrogens with zero attached hydrogens (tertiary/aromatic N) is 4. The zero-order valence-electron chi connectivity index (χ0n) is 11.7. The van der Waals surface area contributed by atoms with E-state index in [0.717, 1.165) is 44.1 Å². The molecule has 2 fully saturated rings. The van der Waals surface area contributed by atoms with Crippen LogP contribution in [0.2, 0.25) is 0 Å². The Morgan fingerprint density at radius 1 is 1.32 bits per heavy atom. The van der Waals surface area contributed by atoms with Crippen molar-refractivity contribution in [1.82, 2.24) is 14.9 Å². The summed E-state index contributed by atoms with van der Waals surface area (Å²) in [5.74, 6) is 2.50. The first kappa shape index (κ1) is 12.7. The van der Waals surface area contributed by atoms with Crippen LogP contribution >= 0.6 is 0 Å². The number of anilines is 2. The minimum Gasteiger partial charge on any atom is -0.384 e. The molecule has 0 spiro atoms. The Morgan fingerprint density at radius 2 is 2.21 bits per heavy atom. The zero-order valence-corrected chi connectivity index (χ0v) is 11.7. The average molecular weight is 261 g/mol. The van der Waals surface area contributed by atoms with Gasteiger partial charge in [-0.1, -0.05) is 6.92 Å². The lowest BCUT2D eigenvalue weighted by atomic mass is 10.1. The third-order valence-corrected chi connectivity index (χ3v) is 4.16. The lowest BCUT2D eigenvalue weighted by Gasteiger charge is -2.38. The van der Waals surface area contributed by atoms with Gasteiger partial charge in [-0.05, 0) is 25.8 Å². The van der Waals surface area contributed by atoms with Gasteiger partial charge in [0, 0.05) is 38.2 Å². The Balaban J connectivity index is 1.77. The predicted molar refractivity (Wildman–Crippen MR) is 77.2 cm³/mol. The van der Waals surface area contributed by atoms with Gasteiger partial charge in [-0.25, -0.2) is 9.97 Å². The monoisotopic (exact) mass is 261 g/mol. The van der Waals surface area contributed by atoms with Crippen LogP contribution in [0.1, 0.15) is 32.0 Å². The fraction of sp³-hybridized carbons (Fsp3) is 0.714. The van der Waals surface area contributed by atoms with Gasteiger partial charge in [-0.2, -0.15) is 0 Å². The summed E-state index contributed by atoms with van der Waals surface area (Å²) in [6, 6.07) is 2.63. The molecule has 3 rings (SSSR count). The van der Waals surface area contributed by atoms with E-state index in [2.05, 4.69) is 26.7 Å². The van der Waals surface area contributed by atoms with Crippen molar-refractivity contribution in [3.63, 3.8) is 0 Å². The molecule has 0 aliphatic carbocycles. The molecule has 0 radical (unpaired) electrons. The quantitative estimate of drug-likeness (QED) is 0.888. The number of hydrogen-bond acceptors (Lipinski definition) is 5. The largest absolute Gasteiger partial charge is 0.384 e. The van der Waals surface area contributed by atoms with Crippen LogP contribution in [0.25, 0.3) is 0 Å². The second-order valence-electron chi connectivity index (χ2n) is 5.60. The number of piperazine rings is 1. The van der Waals surface area contributed by atoms with Crippen LogP contribution in [-0.4, -0.2) is 47.1 Å². The number of hydrogen-bond donors (Lipinski definition) is 1. The van der Waals surface area contributed by atoms with Crippen molar-refractivity contribution in [2.75, 3.05) is 36.8 Å². The number of fused-ring (bicyclic) bond motifs is 1. The van der Waals surface area contributed by atoms with E-state index in [1.54, 1.807) is 0 Å². The molecule has 2 aliphatic rings. The Morgan fingerprint density at radius 3 is 3.05 bits per heavy atom. The van der Waals surface area contributed by atoms with Crippen LogP contribution in [0.4, 0.5) is 11.6 Å². The van der Waals surface area contributed by atoms with E-state index >= 15 is 0 Å². The van der Waals surface area contributed by atoms with E-state index in [9.17, 15) is 0 Å². The minimum absolute atomic E-state index is 0.599. The van der Waals surface area contributed by atoms with Gasteiger partial charge in [0.1, 0.15) is 17.5 Å². The fourth-order valence-corrected chi connectivity index (χ4v) is 3.20. The van der Waals surface area contributed by atoms with Crippen molar-refractivity contribution in [2.24, 2.45) is 0 Å². The van der Waals surface area contributed by atoms with Gasteiger partial charge >= 0.3 is 0 Å². The molecular weight excluding hydrogens is 238 g/mol. The molecule has 2 N–H and O–H groups in total. The highest BCUT2D eigenvalue weighted by Gasteiger charge is 2.31. The van der Waals surface area contributed by atoms with E-state index in [1.807, 2.05) is 6.07 Å². The Kier molecular flexibility index (Phi) is 3.55. The van der Waals surface area contributed by atoms with Gasteiger partial charge in [0.25, 0.3) is 0 Å². The maximum absolute atomic E-state index is 5.91. The first-order valence-corrected chi connectivity index (χ1v) is 7.38. The maximum Gasteiger partial charge on any atom is 0.134 e. The molecule has 5 nitrogen and oxygen atoms in total. The minimum atomic E-state index is 0.599. The standard InChI is InChI=1S/C14H23N5/c1-2-4-13-16-12(15)9-14(17-13)19-8-7-18-6-3-5-11(18)10-19/h9,11H,2-8,10H2,1H3,(H2,15,16,17). The predicted octanol–water partition coefficient (Wildman–Crippen LogP) is 1.30. The SMILES string of the molecule is CCCc1nc(N)cc(N2CCN3CCCC3C2)n1. The summed E-state index contributed by atoms with van der Waals surface area (Å²) in [7, 11) is 0. The smallest absolute Gasteiger partial charge is 0.134 e. The molecule has 104 valence electrons. The number of nitrogen functional groups attached to an aromatic ring is 1. The molecule has 0 saturated carbocycles. The Labute approximate surface area is 114 Å². The van der Waals surface area contributed by atoms with Crippen molar-refractivity contribution < 1.29 is 0 Å². The third-order valence-electron chi connectivity index (χ3n) is 4.16. The summed E-state index contributed by atoms with van der Waals surface area (Å²) < 4.78 is 0. The Bertz CT molecular complexity index is 447. The summed E-state index contributed by atoms with van der Waals surface area (Å²) in [6.07, 6.45) is 4.62. The second-order valence-corrected chi connectivity index (χ2v) is 5.60. The Hall–Kier alpha value is -1.36. The van der Waals surface area contributed by atoms with Gasteiger partial charge in [0.2, 0.25) is 0 Å². The van der Waals surface area contributed by atoms with E-state index in [1.165, 1.54) is 19.4 Å². The van der Waals surface area contributed by atoms with Crippen molar-refractivity contribution in [2.45, 2.75) is 38.6 Å². The summed E-state index contributed by atoms with van der Waals surface area (Å²) in [4.78, 5) is 14.0. The summed E-state index contributed by atoms with van der Waals surface area (Å²) in [5, 5.41) is 0. The van der Waals surface area contributed by atoms with Gasteiger partial charge < -0.3 is 10.6 Å². The van der Waals surface area contributed by atoms with Crippen molar-refractivity contribution in [3.8, 4) is 0 Å². The van der Waals surface area contributed by atoms with Crippen LogP contribution < -0.4 is 10.6 Å². The van der Waals surface area contributed by atoms with Gasteiger partial charge in [0.15, 0.2) is 0 Å². The van der Waals surface area contributed by atoms with Crippen molar-refractivity contribution in [3.05, 3.63) is 11.9 Å². The molecule has 1 unspecified atom stereocenters. The fourth-order valence-electron chi connectivity index (χ4n) is 3.20. The van der Waals surface area contributed by atoms with Crippen molar-refractivity contribution >= 4 is 11.6 Å². The van der Waals surface area contributed by atoms with E-state index in [-0.39, 0.29) is 0 Å². The molecule has 0 amide bonds. The molecule has 0 bridgehead atoms. The molecule has 1 atom stereocenters. The number of aryl methyl sites for hydroxylation is 1. The molecule has 2 aliphatic heterocycles. The molecule has 1 aromatic rings. The molecule has 5 heteroatoms. The van der Waals surface area contributed by atoms with Gasteiger partial charge in [-0.3, -0.25) is 4.90 Å². The normalized spacial score (nSPS) is 23.6. The van der Waals surface area contributed by atoms with Crippen LogP contribution in [0.15, 0.2) is 6.07 Å². The first-order valence-electron chi connectivity index (χ1n) is 7.38. The van der Waals surface area contributed by atoms with Gasteiger partial charge in [-0.15, -0.1) is 0 Å². The lowest BCUT2D eigenvalue weighted by Crippen LogP contribution is -2.50. The van der Waals surface area contributed by atoms with Gasteiger partial charge in [0.05, 0.1) is 0 Å². The summed E-state index contributed by atoms with van der Waals surface area (Å²) >= 11 is 0. The van der Waals surface area contributed by atoms with E-state index in [0.29, 0.717) is 11.9 Å². The lowest BCUT2D eigenvalue weighted by molar-refractivity contribution is 0.230. The molecule has 1 aromatic heterocycles. The van der Waals surface area contributed by atoms with Crippen LogP contribution in [0, 0.1) is 0 Å². The summed E-state index contributed by atoms with van der Waals surface area (Å²) in [5.41, 5.74) is 5.91. The molecule has 3 heterocycles. The van der Waals surface area contributed by atoms with Crippen molar-refractivity contribution in [1.29, 1.82) is 0 Å². The molecular formula is C14H23N5. The molecule has 2 saturated heterocycles. The highest BCUT2D eigenvalue weighted by molar-refractivity contribution is 5.47. The zero-order chi connectivity index (χ0) is 13.2. The third kappa shape index (κ3) is 2.66. The second kappa shape index (κ2) is 5.33. The number of rotatable bonds is 3. The highest BCUT2D eigenvalue weighted by Crippen LogP contribution is 2.25. The maximum atomic E-state index is 5.91. The molecule has 19 heavy (non-hydrogen) atoms. The average Bonchev–Trinajstić information content (AvgIpc) is 2.85. The summed E-state index contributed by atoms with van der Waals surface area (Å²) in [6.45, 7) is 6.70. The highest BCUT2D eigenvalue weighted by atomic mass is 15.3. The number of aromatic nitrogens is 2. The van der Waals surface area contributed by atoms with E-state index in [4.69, 9.17) is 5.73 Å². The first-order chi connectivity index (χ1) is 9.26. The van der Waals surface area contributed by atoms with Crippen LogP contribution in [0.3, 0.4) is 0 Å². The van der Waals surface area contributed by atoms with E-state index < -0.39 is 0 Å². The molecule has 0 aromatic carbocycles. The van der Waals surface area contributed by atoms with Crippen LogP contribution in [0.5, 0.6) is 0 Å². The topological polar surface area (TPSA) is 58.3 Å². The number of nitrogens with two attached hydrogens (primary N) is 1. The van der Waals surface area contributed by atoms with Crippen LogP contribution in [-0.2, 0) is 6.42 Å².